The first-order chi connectivity index (χ1) is 7.23. The summed E-state index contributed by atoms with van der Waals surface area (Å²) >= 11 is 0. The zero-order valence-electron chi connectivity index (χ0n) is 7.81. The Morgan fingerprint density at radius 3 is 2.25 bits per heavy atom. The van der Waals surface area contributed by atoms with Gasteiger partial charge in [-0.3, -0.25) is 0 Å². The van der Waals surface area contributed by atoms with Crippen molar-refractivity contribution in [2.24, 2.45) is 0 Å². The van der Waals surface area contributed by atoms with Gasteiger partial charge in [0, 0.05) is 0 Å². The van der Waals surface area contributed by atoms with Crippen LogP contribution in [0.4, 0.5) is 17.6 Å². The summed E-state index contributed by atoms with van der Waals surface area (Å²) < 4.78 is 49.5. The third-order valence-electron chi connectivity index (χ3n) is 1.88. The zero-order valence-corrected chi connectivity index (χ0v) is 7.81. The Morgan fingerprint density at radius 2 is 1.88 bits per heavy atom. The molecule has 2 nitrogen and oxygen atoms in total. The number of rotatable bonds is 2. The van der Waals surface area contributed by atoms with Gasteiger partial charge in [0.05, 0.1) is 11.1 Å². The van der Waals surface area contributed by atoms with Crippen molar-refractivity contribution in [3.8, 4) is 0 Å². The molecule has 0 saturated carbocycles. The molecular weight excluding hydrogens is 228 g/mol. The summed E-state index contributed by atoms with van der Waals surface area (Å²) in [5, 5.41) is 8.51. The maximum Gasteiger partial charge on any atom is 0.419 e. The molecule has 0 fully saturated rings. The van der Waals surface area contributed by atoms with E-state index in [1.54, 1.807) is 0 Å². The van der Waals surface area contributed by atoms with Gasteiger partial charge in [-0.1, -0.05) is 12.6 Å². The monoisotopic (exact) mass is 234 g/mol. The van der Waals surface area contributed by atoms with Gasteiger partial charge in [0.15, 0.2) is 0 Å². The second kappa shape index (κ2) is 3.96. The Morgan fingerprint density at radius 1 is 1.31 bits per heavy atom. The van der Waals surface area contributed by atoms with Crippen molar-refractivity contribution in [3.05, 3.63) is 41.7 Å². The summed E-state index contributed by atoms with van der Waals surface area (Å²) in [5.74, 6) is -2.94. The molecule has 1 aromatic rings. The second-order valence-electron chi connectivity index (χ2n) is 2.98. The lowest BCUT2D eigenvalue weighted by Crippen LogP contribution is -2.09. The molecule has 0 atom stereocenters. The third-order valence-corrected chi connectivity index (χ3v) is 1.88. The average Bonchev–Trinajstić information content (AvgIpc) is 2.14. The van der Waals surface area contributed by atoms with Gasteiger partial charge in [-0.2, -0.15) is 13.2 Å². The van der Waals surface area contributed by atoms with Crippen molar-refractivity contribution >= 4 is 11.5 Å². The van der Waals surface area contributed by atoms with Crippen LogP contribution < -0.4 is 0 Å². The lowest BCUT2D eigenvalue weighted by atomic mass is 10.0. The highest BCUT2D eigenvalue weighted by molar-refractivity contribution is 6.14. The van der Waals surface area contributed by atoms with Gasteiger partial charge in [-0.25, -0.2) is 9.18 Å². The molecule has 86 valence electrons. The van der Waals surface area contributed by atoms with Crippen LogP contribution in [0, 0.1) is 5.82 Å². The smallest absolute Gasteiger partial charge is 0.419 e. The Balaban J connectivity index is 3.19. The first kappa shape index (κ1) is 12.2. The van der Waals surface area contributed by atoms with Gasteiger partial charge in [-0.15, -0.1) is 0 Å². The van der Waals surface area contributed by atoms with Crippen LogP contribution in [-0.4, -0.2) is 11.1 Å². The van der Waals surface area contributed by atoms with E-state index < -0.39 is 29.1 Å². The highest BCUT2D eigenvalue weighted by Gasteiger charge is 2.34. The van der Waals surface area contributed by atoms with Gasteiger partial charge < -0.3 is 5.11 Å². The largest absolute Gasteiger partial charge is 0.478 e. The van der Waals surface area contributed by atoms with Crippen molar-refractivity contribution in [3.63, 3.8) is 0 Å². The Labute approximate surface area is 87.8 Å². The number of alkyl halides is 3. The number of halogens is 4. The van der Waals surface area contributed by atoms with Crippen LogP contribution in [0.5, 0.6) is 0 Å². The van der Waals surface area contributed by atoms with Gasteiger partial charge in [-0.05, 0) is 17.7 Å². The molecule has 0 spiro atoms. The molecule has 0 saturated heterocycles. The average molecular weight is 234 g/mol. The summed E-state index contributed by atoms with van der Waals surface area (Å²) in [6.07, 6.45) is -4.80. The summed E-state index contributed by atoms with van der Waals surface area (Å²) in [4.78, 5) is 10.4. The van der Waals surface area contributed by atoms with Gasteiger partial charge in [0.2, 0.25) is 0 Å². The normalized spacial score (nSPS) is 11.2. The molecule has 0 unspecified atom stereocenters. The fourth-order valence-electron chi connectivity index (χ4n) is 1.06. The number of carboxylic acid groups (broad SMARTS) is 1. The highest BCUT2D eigenvalue weighted by Crippen LogP contribution is 2.32. The fourth-order valence-corrected chi connectivity index (χ4v) is 1.06. The van der Waals surface area contributed by atoms with E-state index in [0.717, 1.165) is 6.07 Å². The van der Waals surface area contributed by atoms with Crippen molar-refractivity contribution in [1.82, 2.24) is 0 Å². The third kappa shape index (κ3) is 2.39. The number of hydrogen-bond donors (Lipinski definition) is 1. The van der Waals surface area contributed by atoms with Crippen LogP contribution >= 0.6 is 0 Å². The topological polar surface area (TPSA) is 37.3 Å². The minimum Gasteiger partial charge on any atom is -0.478 e. The predicted molar refractivity (Wildman–Crippen MR) is 48.1 cm³/mol. The summed E-state index contributed by atoms with van der Waals surface area (Å²) in [7, 11) is 0. The Bertz CT molecular complexity index is 449. The Kier molecular flexibility index (Phi) is 3.02. The predicted octanol–water partition coefficient (Wildman–Crippen LogP) is 2.94. The van der Waals surface area contributed by atoms with E-state index in [1.807, 2.05) is 0 Å². The van der Waals surface area contributed by atoms with Crippen molar-refractivity contribution in [2.45, 2.75) is 6.18 Å². The molecule has 0 aliphatic heterocycles. The molecule has 0 aliphatic carbocycles. The fraction of sp³-hybridized carbons (Fsp3) is 0.100. The number of hydrogen-bond acceptors (Lipinski definition) is 1. The van der Waals surface area contributed by atoms with E-state index in [-0.39, 0.29) is 5.56 Å². The first-order valence-electron chi connectivity index (χ1n) is 4.03. The van der Waals surface area contributed by atoms with Crippen LogP contribution in [0.3, 0.4) is 0 Å². The zero-order chi connectivity index (χ0) is 12.5. The molecule has 0 amide bonds. The number of aliphatic carboxylic acids is 1. The van der Waals surface area contributed by atoms with Gasteiger partial charge in [0.1, 0.15) is 5.82 Å². The van der Waals surface area contributed by atoms with Crippen LogP contribution in [-0.2, 0) is 11.0 Å². The number of carboxylic acids is 1. The molecule has 1 rings (SSSR count). The molecule has 1 N–H and O–H groups in total. The van der Waals surface area contributed by atoms with E-state index >= 15 is 0 Å². The molecule has 0 radical (unpaired) electrons. The van der Waals surface area contributed by atoms with Crippen LogP contribution in [0.1, 0.15) is 11.1 Å². The van der Waals surface area contributed by atoms with E-state index in [1.165, 1.54) is 0 Å². The van der Waals surface area contributed by atoms with Gasteiger partial charge in [0.25, 0.3) is 0 Å². The molecule has 0 aliphatic rings. The quantitative estimate of drug-likeness (QED) is 0.631. The lowest BCUT2D eigenvalue weighted by molar-refractivity contribution is -0.140. The second-order valence-corrected chi connectivity index (χ2v) is 2.98. The minimum atomic E-state index is -4.80. The SMILES string of the molecule is C=C(C(=O)O)c1ccc(C(F)(F)F)c(F)c1. The molecule has 0 bridgehead atoms. The molecule has 0 aromatic heterocycles. The summed E-state index contributed by atoms with van der Waals surface area (Å²) in [5.41, 5.74) is -2.10. The van der Waals surface area contributed by atoms with Crippen LogP contribution in [0.25, 0.3) is 5.57 Å². The van der Waals surface area contributed by atoms with Crippen molar-refractivity contribution in [1.29, 1.82) is 0 Å². The van der Waals surface area contributed by atoms with E-state index in [4.69, 9.17) is 5.11 Å². The maximum atomic E-state index is 13.0. The van der Waals surface area contributed by atoms with E-state index in [0.29, 0.717) is 12.1 Å². The van der Waals surface area contributed by atoms with Crippen LogP contribution in [0.2, 0.25) is 0 Å². The maximum absolute atomic E-state index is 13.0. The van der Waals surface area contributed by atoms with Gasteiger partial charge >= 0.3 is 12.1 Å². The number of benzene rings is 1. The summed E-state index contributed by atoms with van der Waals surface area (Å²) in [6.45, 7) is 3.11. The van der Waals surface area contributed by atoms with Crippen molar-refractivity contribution < 1.29 is 27.5 Å². The molecule has 16 heavy (non-hydrogen) atoms. The molecule has 6 heteroatoms. The molecule has 1 aromatic carbocycles. The Hall–Kier alpha value is -1.85. The van der Waals surface area contributed by atoms with Crippen LogP contribution in [0.15, 0.2) is 24.8 Å². The first-order valence-corrected chi connectivity index (χ1v) is 4.03. The standard InChI is InChI=1S/C10H6F4O2/c1-5(9(15)16)6-2-3-7(8(11)4-6)10(12,13)14/h2-4H,1H2,(H,15,16). The van der Waals surface area contributed by atoms with E-state index in [9.17, 15) is 22.4 Å². The highest BCUT2D eigenvalue weighted by atomic mass is 19.4. The molecule has 0 heterocycles. The molecular formula is C10H6F4O2. The summed E-state index contributed by atoms with van der Waals surface area (Å²) in [6, 6.07) is 1.85. The number of carbonyl (C=O) groups is 1. The van der Waals surface area contributed by atoms with E-state index in [2.05, 4.69) is 6.58 Å². The lowest BCUT2D eigenvalue weighted by Gasteiger charge is -2.09. The van der Waals surface area contributed by atoms with Crippen molar-refractivity contribution in [2.75, 3.05) is 0 Å². The minimum absolute atomic E-state index is 0.196.